The van der Waals surface area contributed by atoms with Crippen LogP contribution in [0.4, 0.5) is 0 Å². The fraction of sp³-hybridized carbons (Fsp3) is 0.273. The minimum absolute atomic E-state index is 0.318. The number of halogens is 1. The number of alkyl halides is 1. The van der Waals surface area contributed by atoms with Gasteiger partial charge in [0.15, 0.2) is 9.84 Å². The molecular weight excluding hydrogens is 232 g/mol. The van der Waals surface area contributed by atoms with Gasteiger partial charge in [0, 0.05) is 11.3 Å². The zero-order chi connectivity index (χ0) is 11.3. The molecule has 0 aliphatic heterocycles. The van der Waals surface area contributed by atoms with E-state index in [4.69, 9.17) is 11.6 Å². The minimum atomic E-state index is -3.30. The van der Waals surface area contributed by atoms with Gasteiger partial charge in [-0.2, -0.15) is 0 Å². The van der Waals surface area contributed by atoms with E-state index >= 15 is 0 Å². The Bertz CT molecular complexity index is 435. The van der Waals surface area contributed by atoms with Crippen LogP contribution in [0, 0.1) is 0 Å². The number of allylic oxidation sites excluding steroid dienone is 1. The number of hydrogen-bond acceptors (Lipinski definition) is 2. The van der Waals surface area contributed by atoms with Crippen LogP contribution >= 0.6 is 11.6 Å². The summed E-state index contributed by atoms with van der Waals surface area (Å²) in [6.07, 6.45) is 0.591. The van der Waals surface area contributed by atoms with E-state index in [-0.39, 0.29) is 0 Å². The molecule has 0 aliphatic carbocycles. The molecule has 0 N–H and O–H groups in total. The Labute approximate surface area is 95.5 Å². The van der Waals surface area contributed by atoms with Gasteiger partial charge in [0.25, 0.3) is 0 Å². The predicted octanol–water partition coefficient (Wildman–Crippen LogP) is 2.99. The Morgan fingerprint density at radius 3 is 2.47 bits per heavy atom. The Morgan fingerprint density at radius 1 is 1.33 bits per heavy atom. The Hall–Kier alpha value is -0.800. The Kier molecular flexibility index (Phi) is 4.36. The van der Waals surface area contributed by atoms with Crippen molar-refractivity contribution in [2.45, 2.75) is 18.2 Å². The van der Waals surface area contributed by atoms with Crippen LogP contribution in [0.3, 0.4) is 0 Å². The molecule has 0 unspecified atom stereocenters. The molecule has 0 saturated heterocycles. The number of rotatable bonds is 4. The molecule has 2 nitrogen and oxygen atoms in total. The van der Waals surface area contributed by atoms with Crippen molar-refractivity contribution in [1.82, 2.24) is 0 Å². The van der Waals surface area contributed by atoms with E-state index in [1.165, 1.54) is 5.41 Å². The maximum atomic E-state index is 11.8. The van der Waals surface area contributed by atoms with Crippen molar-refractivity contribution in [3.05, 3.63) is 41.3 Å². The summed E-state index contributed by atoms with van der Waals surface area (Å²) in [5, 5.41) is 1.28. The standard InChI is InChI=1S/C11H13ClO2S/c1-10(7-8-12)9-15(13,14)11-5-3-2-4-6-11/h2-6,9H,7-8H2,1H3. The lowest BCUT2D eigenvalue weighted by atomic mass is 10.3. The molecule has 0 saturated carbocycles. The Morgan fingerprint density at radius 2 is 1.93 bits per heavy atom. The average molecular weight is 245 g/mol. The summed E-state index contributed by atoms with van der Waals surface area (Å²) in [6, 6.07) is 8.36. The largest absolute Gasteiger partial charge is 0.219 e. The average Bonchev–Trinajstić information content (AvgIpc) is 2.18. The van der Waals surface area contributed by atoms with Gasteiger partial charge in [0.2, 0.25) is 0 Å². The van der Waals surface area contributed by atoms with E-state index in [1.54, 1.807) is 37.3 Å². The van der Waals surface area contributed by atoms with Crippen molar-refractivity contribution in [3.63, 3.8) is 0 Å². The van der Waals surface area contributed by atoms with E-state index in [2.05, 4.69) is 0 Å². The molecule has 0 aromatic heterocycles. The fourth-order valence-electron chi connectivity index (χ4n) is 1.15. The molecule has 0 amide bonds. The lowest BCUT2D eigenvalue weighted by molar-refractivity contribution is 0.604. The molecule has 15 heavy (non-hydrogen) atoms. The quantitative estimate of drug-likeness (QED) is 0.763. The van der Waals surface area contributed by atoms with Crippen LogP contribution in [-0.2, 0) is 9.84 Å². The maximum absolute atomic E-state index is 11.8. The van der Waals surface area contributed by atoms with Gasteiger partial charge >= 0.3 is 0 Å². The van der Waals surface area contributed by atoms with Crippen LogP contribution in [0.2, 0.25) is 0 Å². The van der Waals surface area contributed by atoms with E-state index in [1.807, 2.05) is 0 Å². The van der Waals surface area contributed by atoms with Gasteiger partial charge in [-0.3, -0.25) is 0 Å². The van der Waals surface area contributed by atoms with Gasteiger partial charge in [0.05, 0.1) is 4.90 Å². The second-order valence-electron chi connectivity index (χ2n) is 3.26. The van der Waals surface area contributed by atoms with Crippen molar-refractivity contribution in [2.75, 3.05) is 5.88 Å². The lowest BCUT2D eigenvalue weighted by Gasteiger charge is -2.00. The van der Waals surface area contributed by atoms with Gasteiger partial charge in [-0.1, -0.05) is 23.8 Å². The summed E-state index contributed by atoms with van der Waals surface area (Å²) in [5.41, 5.74) is 0.772. The first kappa shape index (κ1) is 12.3. The zero-order valence-corrected chi connectivity index (χ0v) is 10.1. The van der Waals surface area contributed by atoms with Gasteiger partial charge in [-0.05, 0) is 25.5 Å². The molecule has 0 spiro atoms. The van der Waals surface area contributed by atoms with E-state index in [9.17, 15) is 8.42 Å². The highest BCUT2D eigenvalue weighted by atomic mass is 35.5. The third kappa shape index (κ3) is 3.68. The molecule has 0 fully saturated rings. The fourth-order valence-corrected chi connectivity index (χ4v) is 2.77. The highest BCUT2D eigenvalue weighted by Crippen LogP contribution is 2.14. The van der Waals surface area contributed by atoms with Crippen molar-refractivity contribution < 1.29 is 8.42 Å². The van der Waals surface area contributed by atoms with Gasteiger partial charge in [-0.15, -0.1) is 11.6 Å². The third-order valence-corrected chi connectivity index (χ3v) is 3.75. The maximum Gasteiger partial charge on any atom is 0.199 e. The van der Waals surface area contributed by atoms with E-state index < -0.39 is 9.84 Å². The number of hydrogen-bond donors (Lipinski definition) is 0. The van der Waals surface area contributed by atoms with Crippen LogP contribution < -0.4 is 0 Å². The van der Waals surface area contributed by atoms with Crippen molar-refractivity contribution in [3.8, 4) is 0 Å². The first-order chi connectivity index (χ1) is 7.06. The topological polar surface area (TPSA) is 34.1 Å². The van der Waals surface area contributed by atoms with Crippen LogP contribution in [0.25, 0.3) is 0 Å². The van der Waals surface area contributed by atoms with Crippen LogP contribution in [0.15, 0.2) is 46.2 Å². The molecule has 1 aromatic carbocycles. The molecule has 1 aromatic rings. The molecule has 0 aliphatic rings. The summed E-state index contributed by atoms with van der Waals surface area (Å²) in [4.78, 5) is 0.318. The second-order valence-corrected chi connectivity index (χ2v) is 5.44. The SMILES string of the molecule is CC(=CS(=O)(=O)c1ccccc1)CCCl. The summed E-state index contributed by atoms with van der Waals surface area (Å²) in [6.45, 7) is 1.77. The molecule has 1 rings (SSSR count). The zero-order valence-electron chi connectivity index (χ0n) is 8.48. The number of sulfone groups is 1. The summed E-state index contributed by atoms with van der Waals surface area (Å²) in [5.74, 6) is 0.437. The van der Waals surface area contributed by atoms with E-state index in [0.717, 1.165) is 5.57 Å². The van der Waals surface area contributed by atoms with Gasteiger partial charge in [0.1, 0.15) is 0 Å². The molecule has 4 heteroatoms. The summed E-state index contributed by atoms with van der Waals surface area (Å²) >= 11 is 5.54. The normalized spacial score (nSPS) is 12.8. The van der Waals surface area contributed by atoms with Crippen molar-refractivity contribution in [1.29, 1.82) is 0 Å². The lowest BCUT2D eigenvalue weighted by Crippen LogP contribution is -1.97. The molecule has 0 atom stereocenters. The summed E-state index contributed by atoms with van der Waals surface area (Å²) < 4.78 is 23.6. The Balaban J connectivity index is 3.00. The monoisotopic (exact) mass is 244 g/mol. The van der Waals surface area contributed by atoms with Gasteiger partial charge in [-0.25, -0.2) is 8.42 Å². The smallest absolute Gasteiger partial charge is 0.199 e. The molecule has 0 heterocycles. The predicted molar refractivity (Wildman–Crippen MR) is 62.7 cm³/mol. The van der Waals surface area contributed by atoms with Crippen LogP contribution in [-0.4, -0.2) is 14.3 Å². The third-order valence-electron chi connectivity index (χ3n) is 1.92. The van der Waals surface area contributed by atoms with Crippen molar-refractivity contribution >= 4 is 21.4 Å². The first-order valence-electron chi connectivity index (χ1n) is 4.59. The van der Waals surface area contributed by atoms with E-state index in [0.29, 0.717) is 17.2 Å². The number of benzene rings is 1. The second kappa shape index (κ2) is 5.33. The van der Waals surface area contributed by atoms with Crippen LogP contribution in [0.5, 0.6) is 0 Å². The minimum Gasteiger partial charge on any atom is -0.219 e. The molecule has 82 valence electrons. The molecule has 0 bridgehead atoms. The first-order valence-corrected chi connectivity index (χ1v) is 6.67. The molecule has 0 radical (unpaired) electrons. The van der Waals surface area contributed by atoms with Gasteiger partial charge < -0.3 is 0 Å². The summed E-state index contributed by atoms with van der Waals surface area (Å²) in [7, 11) is -3.30. The van der Waals surface area contributed by atoms with Crippen LogP contribution in [0.1, 0.15) is 13.3 Å². The van der Waals surface area contributed by atoms with Crippen molar-refractivity contribution in [2.24, 2.45) is 0 Å². The molecular formula is C11H13ClO2S. The highest BCUT2D eigenvalue weighted by molar-refractivity contribution is 7.94. The highest BCUT2D eigenvalue weighted by Gasteiger charge is 2.10.